The highest BCUT2D eigenvalue weighted by atomic mass is 16.6. The quantitative estimate of drug-likeness (QED) is 0.384. The summed E-state index contributed by atoms with van der Waals surface area (Å²) in [6, 6.07) is 11.9. The van der Waals surface area contributed by atoms with Gasteiger partial charge in [0, 0.05) is 24.3 Å². The molecule has 0 saturated heterocycles. The van der Waals surface area contributed by atoms with Crippen molar-refractivity contribution >= 4 is 22.5 Å². The molecule has 0 N–H and O–H groups in total. The van der Waals surface area contributed by atoms with Crippen molar-refractivity contribution in [3.8, 4) is 0 Å². The molecule has 0 saturated carbocycles. The molecule has 6 heteroatoms. The van der Waals surface area contributed by atoms with Gasteiger partial charge in [0.05, 0.1) is 9.85 Å². The van der Waals surface area contributed by atoms with Gasteiger partial charge in [-0.3, -0.25) is 20.2 Å². The summed E-state index contributed by atoms with van der Waals surface area (Å²) in [5.41, 5.74) is 3.52. The molecule has 0 aromatic heterocycles. The highest BCUT2D eigenvalue weighted by molar-refractivity contribution is 5.92. The van der Waals surface area contributed by atoms with Gasteiger partial charge in [-0.15, -0.1) is 0 Å². The van der Waals surface area contributed by atoms with Gasteiger partial charge in [0.2, 0.25) is 0 Å². The number of rotatable bonds is 7. The zero-order valence-corrected chi connectivity index (χ0v) is 14.0. The van der Waals surface area contributed by atoms with Crippen molar-refractivity contribution < 1.29 is 9.85 Å². The third kappa shape index (κ3) is 3.81. The number of benzene rings is 2. The highest BCUT2D eigenvalue weighted by Crippen LogP contribution is 2.33. The average molecular weight is 348 g/mol. The topological polar surface area (TPSA) is 86.3 Å². The van der Waals surface area contributed by atoms with Crippen molar-refractivity contribution in [2.75, 3.05) is 0 Å². The lowest BCUT2D eigenvalue weighted by atomic mass is 9.89. The molecule has 0 atom stereocenters. The van der Waals surface area contributed by atoms with E-state index in [-0.39, 0.29) is 11.4 Å². The van der Waals surface area contributed by atoms with Crippen molar-refractivity contribution in [1.29, 1.82) is 0 Å². The Hall–Kier alpha value is -3.80. The molecule has 26 heavy (non-hydrogen) atoms. The second-order valence-corrected chi connectivity index (χ2v) is 5.52. The Morgan fingerprint density at radius 2 is 0.885 bits per heavy atom. The Morgan fingerprint density at radius 1 is 0.615 bits per heavy atom. The molecule has 0 spiro atoms. The molecule has 0 aliphatic carbocycles. The molecule has 0 aliphatic heterocycles. The second kappa shape index (κ2) is 7.40. The fourth-order valence-corrected chi connectivity index (χ4v) is 2.28. The summed E-state index contributed by atoms with van der Waals surface area (Å²) in [4.78, 5) is 20.5. The van der Waals surface area contributed by atoms with Crippen molar-refractivity contribution in [2.24, 2.45) is 0 Å². The molecule has 0 radical (unpaired) electrons. The van der Waals surface area contributed by atoms with Gasteiger partial charge in [0.1, 0.15) is 0 Å². The lowest BCUT2D eigenvalue weighted by molar-refractivity contribution is -0.385. The maximum absolute atomic E-state index is 10.7. The van der Waals surface area contributed by atoms with Gasteiger partial charge in [-0.2, -0.15) is 0 Å². The zero-order valence-electron chi connectivity index (χ0n) is 14.0. The third-order valence-corrected chi connectivity index (χ3v) is 3.95. The van der Waals surface area contributed by atoms with E-state index in [1.165, 1.54) is 24.3 Å². The Morgan fingerprint density at radius 3 is 1.12 bits per heavy atom. The normalized spacial score (nSPS) is 10.0. The highest BCUT2D eigenvalue weighted by Gasteiger charge is 2.14. The predicted octanol–water partition coefficient (Wildman–Crippen LogP) is 5.34. The van der Waals surface area contributed by atoms with Crippen LogP contribution in [0.2, 0.25) is 0 Å². The van der Waals surface area contributed by atoms with Crippen LogP contribution in [0.4, 0.5) is 11.4 Å². The first kappa shape index (κ1) is 18.5. The van der Waals surface area contributed by atoms with Crippen LogP contribution in [0.1, 0.15) is 11.1 Å². The Bertz CT molecular complexity index is 859. The number of hydrogen-bond acceptors (Lipinski definition) is 4. The monoisotopic (exact) mass is 348 g/mol. The molecule has 2 aromatic rings. The minimum atomic E-state index is -0.475. The Balaban J connectivity index is 2.18. The van der Waals surface area contributed by atoms with Crippen LogP contribution in [-0.4, -0.2) is 9.85 Å². The summed E-state index contributed by atoms with van der Waals surface area (Å²) in [6.45, 7) is 15.9. The average Bonchev–Trinajstić information content (AvgIpc) is 2.65. The van der Waals surface area contributed by atoms with Crippen molar-refractivity contribution in [1.82, 2.24) is 0 Å². The van der Waals surface area contributed by atoms with Crippen molar-refractivity contribution in [3.05, 3.63) is 117 Å². The van der Waals surface area contributed by atoms with Crippen LogP contribution >= 0.6 is 0 Å². The van der Waals surface area contributed by atoms with E-state index in [0.29, 0.717) is 33.4 Å². The first-order valence-corrected chi connectivity index (χ1v) is 7.48. The first-order chi connectivity index (χ1) is 12.2. The molecule has 0 amide bonds. The van der Waals surface area contributed by atoms with E-state index < -0.39 is 9.85 Å². The minimum absolute atomic E-state index is 0.0127. The van der Waals surface area contributed by atoms with Crippen LogP contribution in [0.25, 0.3) is 11.1 Å². The smallest absolute Gasteiger partial charge is 0.258 e. The molecule has 0 unspecified atom stereocenters. The van der Waals surface area contributed by atoms with E-state index in [1.807, 2.05) is 0 Å². The number of nitrogens with zero attached hydrogens (tertiary/aromatic N) is 2. The van der Waals surface area contributed by atoms with Crippen LogP contribution in [0.15, 0.2) is 86.0 Å². The summed E-state index contributed by atoms with van der Waals surface area (Å²) in [6.07, 6.45) is 0. The van der Waals surface area contributed by atoms with Gasteiger partial charge in [0.25, 0.3) is 11.4 Å². The largest absolute Gasteiger partial charge is 0.269 e. The Labute approximate surface area is 150 Å². The summed E-state index contributed by atoms with van der Waals surface area (Å²) in [7, 11) is 0. The minimum Gasteiger partial charge on any atom is -0.258 e. The van der Waals surface area contributed by atoms with Crippen molar-refractivity contribution in [2.45, 2.75) is 0 Å². The van der Waals surface area contributed by atoms with E-state index >= 15 is 0 Å². The van der Waals surface area contributed by atoms with E-state index in [2.05, 4.69) is 26.3 Å². The summed E-state index contributed by atoms with van der Waals surface area (Å²) in [5, 5.41) is 21.5. The molecule has 2 rings (SSSR count). The number of nitro groups is 2. The fraction of sp³-hybridized carbons (Fsp3) is 0. The summed E-state index contributed by atoms with van der Waals surface area (Å²) < 4.78 is 0. The molecule has 2 aromatic carbocycles. The molecule has 0 bridgehead atoms. The molecule has 130 valence electrons. The first-order valence-electron chi connectivity index (χ1n) is 7.48. The second-order valence-electron chi connectivity index (χ2n) is 5.52. The van der Waals surface area contributed by atoms with Crippen LogP contribution < -0.4 is 0 Å². The lowest BCUT2D eigenvalue weighted by Crippen LogP contribution is -1.95. The van der Waals surface area contributed by atoms with Crippen LogP contribution in [0.3, 0.4) is 0 Å². The molecule has 0 fully saturated rings. The number of hydrogen-bond donors (Lipinski definition) is 0. The Kier molecular flexibility index (Phi) is 5.27. The molecule has 0 aliphatic rings. The van der Waals surface area contributed by atoms with E-state index in [1.54, 1.807) is 24.3 Å². The van der Waals surface area contributed by atoms with Gasteiger partial charge in [0.15, 0.2) is 0 Å². The van der Waals surface area contributed by atoms with Crippen LogP contribution in [-0.2, 0) is 0 Å². The maximum atomic E-state index is 10.7. The van der Waals surface area contributed by atoms with Gasteiger partial charge in [-0.05, 0) is 57.7 Å². The van der Waals surface area contributed by atoms with Gasteiger partial charge < -0.3 is 0 Å². The molecular formula is C20H16N2O4. The SMILES string of the molecule is C=C(C(=C)C(=C)c1ccc([N+](=O)[O-])cc1)C(=C)c1ccc([N+](=O)[O-])cc1. The molecular weight excluding hydrogens is 332 g/mol. The maximum Gasteiger partial charge on any atom is 0.269 e. The zero-order chi connectivity index (χ0) is 19.4. The summed E-state index contributed by atoms with van der Waals surface area (Å²) in [5.74, 6) is 0. The standard InChI is InChI=1S/C20H16N2O4/c1-13(15(3)17-5-9-19(10-6-17)21(23)24)14(2)16(4)18-7-11-20(12-8-18)22(25)26/h5-12H,1-4H2. The van der Waals surface area contributed by atoms with E-state index in [9.17, 15) is 20.2 Å². The van der Waals surface area contributed by atoms with Crippen LogP contribution in [0, 0.1) is 20.2 Å². The van der Waals surface area contributed by atoms with Crippen molar-refractivity contribution in [3.63, 3.8) is 0 Å². The predicted molar refractivity (Wildman–Crippen MR) is 103 cm³/mol. The molecule has 6 nitrogen and oxygen atoms in total. The van der Waals surface area contributed by atoms with E-state index in [4.69, 9.17) is 0 Å². The number of nitro benzene ring substituents is 2. The number of non-ortho nitro benzene ring substituents is 2. The van der Waals surface area contributed by atoms with Gasteiger partial charge in [-0.1, -0.05) is 26.3 Å². The van der Waals surface area contributed by atoms with E-state index in [0.717, 1.165) is 0 Å². The van der Waals surface area contributed by atoms with Crippen LogP contribution in [0.5, 0.6) is 0 Å². The lowest BCUT2D eigenvalue weighted by Gasteiger charge is -2.15. The van der Waals surface area contributed by atoms with Gasteiger partial charge in [-0.25, -0.2) is 0 Å². The number of allylic oxidation sites excluding steroid dienone is 4. The van der Waals surface area contributed by atoms with Gasteiger partial charge >= 0.3 is 0 Å². The molecule has 0 heterocycles. The third-order valence-electron chi connectivity index (χ3n) is 3.95. The summed E-state index contributed by atoms with van der Waals surface area (Å²) >= 11 is 0. The fourth-order valence-electron chi connectivity index (χ4n) is 2.28.